The van der Waals surface area contributed by atoms with E-state index >= 15 is 0 Å². The minimum atomic E-state index is -3.60. The summed E-state index contributed by atoms with van der Waals surface area (Å²) in [5, 5.41) is 2.64. The van der Waals surface area contributed by atoms with Crippen LogP contribution in [0.2, 0.25) is 0 Å². The second-order valence-corrected chi connectivity index (χ2v) is 6.41. The fraction of sp³-hybridized carbons (Fsp3) is 0.385. The molecule has 1 aromatic rings. The summed E-state index contributed by atoms with van der Waals surface area (Å²) in [4.78, 5) is 22.8. The predicted octanol–water partition coefficient (Wildman–Crippen LogP) is 0.638. The molecule has 2 N–H and O–H groups in total. The van der Waals surface area contributed by atoms with Crippen LogP contribution in [0.3, 0.4) is 0 Å². The highest BCUT2D eigenvalue weighted by molar-refractivity contribution is 7.89. The lowest BCUT2D eigenvalue weighted by Crippen LogP contribution is -2.35. The summed E-state index contributed by atoms with van der Waals surface area (Å²) in [5.41, 5.74) is 1.80. The molecular weight excluding hydrogens is 280 g/mol. The Hall–Kier alpha value is -1.89. The molecule has 0 saturated carbocycles. The van der Waals surface area contributed by atoms with Crippen molar-refractivity contribution >= 4 is 21.8 Å². The maximum atomic E-state index is 11.6. The van der Waals surface area contributed by atoms with E-state index in [2.05, 4.69) is 5.32 Å². The number of hydrogen-bond acceptors (Lipinski definition) is 4. The van der Waals surface area contributed by atoms with Crippen molar-refractivity contribution in [3.8, 4) is 0 Å². The van der Waals surface area contributed by atoms with Crippen LogP contribution in [-0.4, -0.2) is 26.5 Å². The smallest absolute Gasteiger partial charge is 0.235 e. The number of benzene rings is 1. The highest BCUT2D eigenvalue weighted by atomic mass is 32.2. The highest BCUT2D eigenvalue weighted by Crippen LogP contribution is 2.17. The maximum Gasteiger partial charge on any atom is 0.235 e. The number of rotatable bonds is 5. The Labute approximate surface area is 118 Å². The zero-order valence-electron chi connectivity index (χ0n) is 11.6. The monoisotopic (exact) mass is 298 g/mol. The van der Waals surface area contributed by atoms with Crippen LogP contribution in [0.5, 0.6) is 0 Å². The maximum absolute atomic E-state index is 11.6. The zero-order chi connectivity index (χ0) is 15.3. The molecule has 0 fully saturated rings. The zero-order valence-corrected chi connectivity index (χ0v) is 12.5. The van der Waals surface area contributed by atoms with E-state index in [1.165, 1.54) is 6.92 Å². The molecule has 0 bridgehead atoms. The number of sulfonamides is 1. The van der Waals surface area contributed by atoms with Crippen molar-refractivity contribution in [2.45, 2.75) is 26.3 Å². The van der Waals surface area contributed by atoms with Gasteiger partial charge in [0.2, 0.25) is 21.8 Å². The molecule has 0 unspecified atom stereocenters. The van der Waals surface area contributed by atoms with Gasteiger partial charge in [-0.2, -0.15) is 0 Å². The van der Waals surface area contributed by atoms with E-state index in [4.69, 9.17) is 0 Å². The molecule has 1 atom stereocenters. The number of carbonyl (C=O) groups is 2. The van der Waals surface area contributed by atoms with E-state index in [0.29, 0.717) is 0 Å². The molecule has 0 aliphatic rings. The number of carbonyl (C=O) groups excluding carboxylic acids is 2. The first-order valence-electron chi connectivity index (χ1n) is 6.01. The highest BCUT2D eigenvalue weighted by Gasteiger charge is 2.18. The van der Waals surface area contributed by atoms with Gasteiger partial charge in [-0.05, 0) is 12.5 Å². The lowest BCUT2D eigenvalue weighted by atomic mass is 10.0. The van der Waals surface area contributed by atoms with Crippen molar-refractivity contribution in [2.24, 2.45) is 0 Å². The molecule has 110 valence electrons. The molecule has 7 heteroatoms. The fourth-order valence-electron chi connectivity index (χ4n) is 1.73. The summed E-state index contributed by atoms with van der Waals surface area (Å²) in [6, 6.07) is 6.75. The van der Waals surface area contributed by atoms with E-state index < -0.39 is 22.0 Å². The van der Waals surface area contributed by atoms with E-state index in [0.717, 1.165) is 17.4 Å². The molecule has 0 radical (unpaired) electrons. The quantitative estimate of drug-likeness (QED) is 0.834. The molecule has 1 aromatic carbocycles. The lowest BCUT2D eigenvalue weighted by molar-refractivity contribution is -0.121. The van der Waals surface area contributed by atoms with Gasteiger partial charge in [0.25, 0.3) is 0 Å². The molecule has 0 saturated heterocycles. The third-order valence-electron chi connectivity index (χ3n) is 2.55. The molecule has 0 heterocycles. The Morgan fingerprint density at radius 3 is 2.20 bits per heavy atom. The molecular formula is C13H18N2O4S. The van der Waals surface area contributed by atoms with Gasteiger partial charge in [0, 0.05) is 6.92 Å². The Balaban J connectivity index is 2.87. The van der Waals surface area contributed by atoms with Gasteiger partial charge in [0.15, 0.2) is 0 Å². The molecule has 20 heavy (non-hydrogen) atoms. The van der Waals surface area contributed by atoms with Crippen molar-refractivity contribution in [2.75, 3.05) is 6.26 Å². The number of amides is 2. The standard InChI is InChI=1S/C13H18N2O4S/c1-9-4-6-11(7-5-9)12(14-10(2)16)8-13(17)15-20(3,18)19/h4-7,12H,8H2,1-3H3,(H,14,16)(H,15,17)/t12-/m1/s1. The molecule has 0 aliphatic heterocycles. The summed E-state index contributed by atoms with van der Waals surface area (Å²) in [6.07, 6.45) is 0.764. The third-order valence-corrected chi connectivity index (χ3v) is 3.14. The summed E-state index contributed by atoms with van der Waals surface area (Å²) in [7, 11) is -3.60. The molecule has 1 rings (SSSR count). The van der Waals surface area contributed by atoms with Gasteiger partial charge in [-0.1, -0.05) is 29.8 Å². The van der Waals surface area contributed by atoms with Crippen LogP contribution in [0.4, 0.5) is 0 Å². The first-order valence-corrected chi connectivity index (χ1v) is 7.91. The molecule has 0 aromatic heterocycles. The Morgan fingerprint density at radius 2 is 1.75 bits per heavy atom. The number of nitrogens with one attached hydrogen (secondary N) is 2. The molecule has 0 spiro atoms. The Morgan fingerprint density at radius 1 is 1.20 bits per heavy atom. The summed E-state index contributed by atoms with van der Waals surface area (Å²) < 4.78 is 23.9. The summed E-state index contributed by atoms with van der Waals surface area (Å²) in [6.45, 7) is 3.27. The van der Waals surface area contributed by atoms with Gasteiger partial charge in [0.05, 0.1) is 18.7 Å². The predicted molar refractivity (Wildman–Crippen MR) is 75.3 cm³/mol. The first-order chi connectivity index (χ1) is 9.17. The van der Waals surface area contributed by atoms with Gasteiger partial charge < -0.3 is 5.32 Å². The minimum Gasteiger partial charge on any atom is -0.349 e. The van der Waals surface area contributed by atoms with Crippen LogP contribution in [0.25, 0.3) is 0 Å². The number of hydrogen-bond donors (Lipinski definition) is 2. The normalized spacial score (nSPS) is 12.6. The topological polar surface area (TPSA) is 92.3 Å². The third kappa shape index (κ3) is 5.83. The Kier molecular flexibility index (Phi) is 5.26. The second kappa shape index (κ2) is 6.51. The van der Waals surface area contributed by atoms with Gasteiger partial charge in [-0.25, -0.2) is 8.42 Å². The van der Waals surface area contributed by atoms with Crippen molar-refractivity contribution < 1.29 is 18.0 Å². The van der Waals surface area contributed by atoms with Gasteiger partial charge >= 0.3 is 0 Å². The average Bonchev–Trinajstić information content (AvgIpc) is 2.25. The van der Waals surface area contributed by atoms with Crippen molar-refractivity contribution in [3.63, 3.8) is 0 Å². The fourth-order valence-corrected chi connectivity index (χ4v) is 2.23. The van der Waals surface area contributed by atoms with E-state index in [1.54, 1.807) is 12.1 Å². The van der Waals surface area contributed by atoms with Crippen LogP contribution in [0.15, 0.2) is 24.3 Å². The first kappa shape index (κ1) is 16.2. The van der Waals surface area contributed by atoms with Crippen LogP contribution in [-0.2, 0) is 19.6 Å². The summed E-state index contributed by atoms with van der Waals surface area (Å²) in [5.74, 6) is -0.949. The molecule has 6 nitrogen and oxygen atoms in total. The van der Waals surface area contributed by atoms with Crippen LogP contribution in [0, 0.1) is 6.92 Å². The van der Waals surface area contributed by atoms with Crippen molar-refractivity contribution in [1.82, 2.24) is 10.0 Å². The van der Waals surface area contributed by atoms with Gasteiger partial charge in [-0.15, -0.1) is 0 Å². The van der Waals surface area contributed by atoms with Gasteiger partial charge in [-0.3, -0.25) is 14.3 Å². The van der Waals surface area contributed by atoms with Crippen LogP contribution < -0.4 is 10.0 Å². The average molecular weight is 298 g/mol. The van der Waals surface area contributed by atoms with Crippen LogP contribution in [0.1, 0.15) is 30.5 Å². The van der Waals surface area contributed by atoms with E-state index in [9.17, 15) is 18.0 Å². The van der Waals surface area contributed by atoms with Crippen molar-refractivity contribution in [3.05, 3.63) is 35.4 Å². The van der Waals surface area contributed by atoms with Gasteiger partial charge in [0.1, 0.15) is 0 Å². The second-order valence-electron chi connectivity index (χ2n) is 4.67. The Bertz CT molecular complexity index is 593. The minimum absolute atomic E-state index is 0.143. The SMILES string of the molecule is CC(=O)N[C@H](CC(=O)NS(C)(=O)=O)c1ccc(C)cc1. The van der Waals surface area contributed by atoms with E-state index in [-0.39, 0.29) is 12.3 Å². The van der Waals surface area contributed by atoms with Crippen molar-refractivity contribution in [1.29, 1.82) is 0 Å². The van der Waals surface area contributed by atoms with E-state index in [1.807, 2.05) is 23.8 Å². The lowest BCUT2D eigenvalue weighted by Gasteiger charge is -2.18. The van der Waals surface area contributed by atoms with Crippen LogP contribution >= 0.6 is 0 Å². The molecule has 2 amide bonds. The number of aryl methyl sites for hydroxylation is 1. The molecule has 0 aliphatic carbocycles. The largest absolute Gasteiger partial charge is 0.349 e. The summed E-state index contributed by atoms with van der Waals surface area (Å²) >= 11 is 0.